The Labute approximate surface area is 133 Å². The lowest BCUT2D eigenvalue weighted by molar-refractivity contribution is 0.522. The molecule has 1 atom stereocenters. The van der Waals surface area contributed by atoms with Crippen molar-refractivity contribution in [3.05, 3.63) is 28.8 Å². The highest BCUT2D eigenvalue weighted by molar-refractivity contribution is 7.89. The fourth-order valence-corrected chi connectivity index (χ4v) is 3.67. The number of unbranched alkanes of at least 4 members (excludes halogenated alkanes) is 3. The minimum atomic E-state index is -3.52. The van der Waals surface area contributed by atoms with E-state index in [0.717, 1.165) is 19.3 Å². The molecule has 0 fully saturated rings. The summed E-state index contributed by atoms with van der Waals surface area (Å²) in [7, 11) is -3.52. The number of hydrogen-bond donors (Lipinski definition) is 2. The Morgan fingerprint density at radius 3 is 2.62 bits per heavy atom. The Bertz CT molecular complexity index is 547. The van der Waals surface area contributed by atoms with Gasteiger partial charge in [0.1, 0.15) is 0 Å². The molecule has 0 amide bonds. The number of hydrogen-bond acceptors (Lipinski definition) is 3. The average molecular weight is 333 g/mol. The number of rotatable bonds is 9. The third kappa shape index (κ3) is 5.94. The van der Waals surface area contributed by atoms with Gasteiger partial charge in [0.05, 0.1) is 4.90 Å². The average Bonchev–Trinajstić information content (AvgIpc) is 2.43. The number of sulfonamides is 1. The predicted molar refractivity (Wildman–Crippen MR) is 87.9 cm³/mol. The standard InChI is InChI=1S/C15H25ClN2O2S/c1-3-4-5-6-7-12(2)18-21(19,20)14-8-9-15(16)13(10-14)11-17/h8-10,12,18H,3-7,11,17H2,1-2H3. The molecule has 1 aromatic rings. The molecule has 21 heavy (non-hydrogen) atoms. The van der Waals surface area contributed by atoms with Crippen LogP contribution < -0.4 is 10.5 Å². The van der Waals surface area contributed by atoms with Crippen molar-refractivity contribution >= 4 is 21.6 Å². The molecule has 0 bridgehead atoms. The number of benzene rings is 1. The summed E-state index contributed by atoms with van der Waals surface area (Å²) in [5.74, 6) is 0. The van der Waals surface area contributed by atoms with Gasteiger partial charge in [-0.1, -0.05) is 44.2 Å². The van der Waals surface area contributed by atoms with E-state index in [9.17, 15) is 8.42 Å². The molecule has 0 saturated carbocycles. The van der Waals surface area contributed by atoms with Crippen molar-refractivity contribution in [1.29, 1.82) is 0 Å². The second kappa shape index (κ2) is 8.73. The van der Waals surface area contributed by atoms with Gasteiger partial charge in [-0.15, -0.1) is 0 Å². The van der Waals surface area contributed by atoms with Gasteiger partial charge in [-0.2, -0.15) is 0 Å². The molecule has 0 heterocycles. The summed E-state index contributed by atoms with van der Waals surface area (Å²) in [6, 6.07) is 4.54. The van der Waals surface area contributed by atoms with Crippen LogP contribution >= 0.6 is 11.6 Å². The van der Waals surface area contributed by atoms with Crippen molar-refractivity contribution in [1.82, 2.24) is 4.72 Å². The summed E-state index contributed by atoms with van der Waals surface area (Å²) in [4.78, 5) is 0.216. The van der Waals surface area contributed by atoms with Crippen LogP contribution in [0.4, 0.5) is 0 Å². The van der Waals surface area contributed by atoms with Gasteiger partial charge in [0.25, 0.3) is 0 Å². The molecule has 3 N–H and O–H groups in total. The highest BCUT2D eigenvalue weighted by Gasteiger charge is 2.18. The van der Waals surface area contributed by atoms with Crippen molar-refractivity contribution in [2.45, 2.75) is 63.4 Å². The zero-order valence-corrected chi connectivity index (χ0v) is 14.3. The van der Waals surface area contributed by atoms with Crippen LogP contribution in [0.5, 0.6) is 0 Å². The molecule has 1 unspecified atom stereocenters. The van der Waals surface area contributed by atoms with Crippen LogP contribution in [0.3, 0.4) is 0 Å². The maximum Gasteiger partial charge on any atom is 0.240 e. The first kappa shape index (κ1) is 18.4. The highest BCUT2D eigenvalue weighted by Crippen LogP contribution is 2.20. The van der Waals surface area contributed by atoms with Gasteiger partial charge in [-0.25, -0.2) is 13.1 Å². The second-order valence-electron chi connectivity index (χ2n) is 5.33. The van der Waals surface area contributed by atoms with Gasteiger partial charge >= 0.3 is 0 Å². The largest absolute Gasteiger partial charge is 0.326 e. The van der Waals surface area contributed by atoms with Crippen LogP contribution in [0.25, 0.3) is 0 Å². The minimum absolute atomic E-state index is 0.0798. The minimum Gasteiger partial charge on any atom is -0.326 e. The van der Waals surface area contributed by atoms with Crippen molar-refractivity contribution < 1.29 is 8.42 Å². The first-order valence-corrected chi connectivity index (χ1v) is 9.27. The molecule has 1 rings (SSSR count). The topological polar surface area (TPSA) is 72.2 Å². The van der Waals surface area contributed by atoms with E-state index in [2.05, 4.69) is 11.6 Å². The molecule has 0 aliphatic carbocycles. The van der Waals surface area contributed by atoms with Crippen LogP contribution in [0.1, 0.15) is 51.5 Å². The molecule has 0 aliphatic rings. The van der Waals surface area contributed by atoms with Gasteiger partial charge in [-0.05, 0) is 37.1 Å². The molecule has 0 aliphatic heterocycles. The maximum atomic E-state index is 12.3. The molecule has 120 valence electrons. The molecular formula is C15H25ClN2O2S. The first-order valence-electron chi connectivity index (χ1n) is 7.41. The molecule has 0 saturated heterocycles. The monoisotopic (exact) mass is 332 g/mol. The normalized spacial score (nSPS) is 13.3. The molecule has 0 radical (unpaired) electrons. The quantitative estimate of drug-likeness (QED) is 0.680. The summed E-state index contributed by atoms with van der Waals surface area (Å²) in [5.41, 5.74) is 6.19. The number of nitrogens with one attached hydrogen (secondary N) is 1. The lowest BCUT2D eigenvalue weighted by Crippen LogP contribution is -2.32. The molecule has 6 heteroatoms. The zero-order valence-electron chi connectivity index (χ0n) is 12.7. The lowest BCUT2D eigenvalue weighted by Gasteiger charge is -2.15. The van der Waals surface area contributed by atoms with Crippen molar-refractivity contribution in [2.24, 2.45) is 5.73 Å². The summed E-state index contributed by atoms with van der Waals surface area (Å²) < 4.78 is 27.3. The van der Waals surface area contributed by atoms with Crippen LogP contribution in [-0.4, -0.2) is 14.5 Å². The van der Waals surface area contributed by atoms with E-state index in [1.165, 1.54) is 25.0 Å². The van der Waals surface area contributed by atoms with Crippen LogP contribution in [-0.2, 0) is 16.6 Å². The van der Waals surface area contributed by atoms with Crippen LogP contribution in [0.15, 0.2) is 23.1 Å². The van der Waals surface area contributed by atoms with Crippen LogP contribution in [0.2, 0.25) is 5.02 Å². The molecule has 0 aromatic heterocycles. The summed E-state index contributed by atoms with van der Waals surface area (Å²) in [6.07, 6.45) is 5.38. The SMILES string of the molecule is CCCCCCC(C)NS(=O)(=O)c1ccc(Cl)c(CN)c1. The van der Waals surface area contributed by atoms with Crippen LogP contribution in [0, 0.1) is 0 Å². The van der Waals surface area contributed by atoms with E-state index in [0.29, 0.717) is 10.6 Å². The first-order chi connectivity index (χ1) is 9.90. The number of nitrogens with two attached hydrogens (primary N) is 1. The van der Waals surface area contributed by atoms with Crippen molar-refractivity contribution in [3.8, 4) is 0 Å². The Morgan fingerprint density at radius 1 is 1.29 bits per heavy atom. The molecule has 4 nitrogen and oxygen atoms in total. The van der Waals surface area contributed by atoms with E-state index in [1.807, 2.05) is 6.92 Å². The Balaban J connectivity index is 2.68. The van der Waals surface area contributed by atoms with Gasteiger partial charge in [0.15, 0.2) is 0 Å². The van der Waals surface area contributed by atoms with Gasteiger partial charge < -0.3 is 5.73 Å². The van der Waals surface area contributed by atoms with E-state index < -0.39 is 10.0 Å². The van der Waals surface area contributed by atoms with E-state index in [1.54, 1.807) is 6.07 Å². The summed E-state index contributed by atoms with van der Waals surface area (Å²) in [6.45, 7) is 4.26. The van der Waals surface area contributed by atoms with Gasteiger partial charge in [0, 0.05) is 17.6 Å². The van der Waals surface area contributed by atoms with Crippen molar-refractivity contribution in [2.75, 3.05) is 0 Å². The molecule has 1 aromatic carbocycles. The second-order valence-corrected chi connectivity index (χ2v) is 7.45. The zero-order chi connectivity index (χ0) is 15.9. The van der Waals surface area contributed by atoms with Gasteiger partial charge in [-0.3, -0.25) is 0 Å². The fourth-order valence-electron chi connectivity index (χ4n) is 2.14. The fraction of sp³-hybridized carbons (Fsp3) is 0.600. The number of halogens is 1. The Hall–Kier alpha value is -0.620. The van der Waals surface area contributed by atoms with E-state index in [4.69, 9.17) is 17.3 Å². The predicted octanol–water partition coefficient (Wildman–Crippen LogP) is 3.44. The van der Waals surface area contributed by atoms with Gasteiger partial charge in [0.2, 0.25) is 10.0 Å². The smallest absolute Gasteiger partial charge is 0.240 e. The maximum absolute atomic E-state index is 12.3. The highest BCUT2D eigenvalue weighted by atomic mass is 35.5. The summed E-state index contributed by atoms with van der Waals surface area (Å²) >= 11 is 5.96. The molecular weight excluding hydrogens is 308 g/mol. The van der Waals surface area contributed by atoms with E-state index in [-0.39, 0.29) is 17.5 Å². The lowest BCUT2D eigenvalue weighted by atomic mass is 10.1. The van der Waals surface area contributed by atoms with Crippen molar-refractivity contribution in [3.63, 3.8) is 0 Å². The Morgan fingerprint density at radius 2 is 2.00 bits per heavy atom. The molecule has 0 spiro atoms. The van der Waals surface area contributed by atoms with E-state index >= 15 is 0 Å². The Kier molecular flexibility index (Phi) is 7.66. The summed E-state index contributed by atoms with van der Waals surface area (Å²) in [5, 5.41) is 0.490. The third-order valence-corrected chi connectivity index (χ3v) is 5.35. The third-order valence-electron chi connectivity index (χ3n) is 3.39.